The van der Waals surface area contributed by atoms with E-state index in [1.54, 1.807) is 42.5 Å². The van der Waals surface area contributed by atoms with Crippen molar-refractivity contribution in [1.29, 1.82) is 0 Å². The maximum atomic E-state index is 12.4. The van der Waals surface area contributed by atoms with Gasteiger partial charge in [0.25, 0.3) is 5.91 Å². The number of aryl methyl sites for hydroxylation is 1. The Morgan fingerprint density at radius 3 is 2.44 bits per heavy atom. The highest BCUT2D eigenvalue weighted by Gasteiger charge is 2.14. The molecule has 3 aromatic carbocycles. The van der Waals surface area contributed by atoms with Crippen molar-refractivity contribution in [3.8, 4) is 17.2 Å². The van der Waals surface area contributed by atoms with Crippen molar-refractivity contribution in [2.75, 3.05) is 13.7 Å². The van der Waals surface area contributed by atoms with Crippen LogP contribution in [0.5, 0.6) is 17.2 Å². The standard InChI is InChI=1S/C27H26BrClN2O5/c1-16(2)21-13-22(28)17(3)11-24(21)35-15-26(32)31-30-14-18-5-10-23(25(12-18)34-4)36-27(33)19-6-8-20(29)9-7-19/h5-14,16H,15H2,1-4H3,(H,31,32)/b30-14-. The lowest BCUT2D eigenvalue weighted by Gasteiger charge is -2.15. The van der Waals surface area contributed by atoms with E-state index in [1.807, 2.05) is 19.1 Å². The third-order valence-electron chi connectivity index (χ3n) is 5.14. The van der Waals surface area contributed by atoms with Crippen LogP contribution in [0.15, 0.2) is 64.2 Å². The van der Waals surface area contributed by atoms with Crippen molar-refractivity contribution in [2.24, 2.45) is 5.10 Å². The second kappa shape index (κ2) is 12.6. The summed E-state index contributed by atoms with van der Waals surface area (Å²) in [5.74, 6) is 0.544. The van der Waals surface area contributed by atoms with Gasteiger partial charge in [-0.3, -0.25) is 4.79 Å². The summed E-state index contributed by atoms with van der Waals surface area (Å²) in [5, 5.41) is 4.50. The van der Waals surface area contributed by atoms with E-state index in [1.165, 1.54) is 13.3 Å². The first-order chi connectivity index (χ1) is 17.2. The van der Waals surface area contributed by atoms with E-state index < -0.39 is 11.9 Å². The summed E-state index contributed by atoms with van der Waals surface area (Å²) >= 11 is 9.39. The van der Waals surface area contributed by atoms with Crippen molar-refractivity contribution in [2.45, 2.75) is 26.7 Å². The number of ether oxygens (including phenoxy) is 3. The van der Waals surface area contributed by atoms with Gasteiger partial charge in [-0.1, -0.05) is 41.4 Å². The molecule has 0 atom stereocenters. The zero-order valence-electron chi connectivity index (χ0n) is 20.3. The summed E-state index contributed by atoms with van der Waals surface area (Å²) in [7, 11) is 1.46. The van der Waals surface area contributed by atoms with Gasteiger partial charge in [-0.05, 0) is 84.1 Å². The molecule has 0 saturated heterocycles. The van der Waals surface area contributed by atoms with Gasteiger partial charge >= 0.3 is 5.97 Å². The molecule has 0 saturated carbocycles. The van der Waals surface area contributed by atoms with Crippen LogP contribution >= 0.6 is 27.5 Å². The average molecular weight is 574 g/mol. The van der Waals surface area contributed by atoms with Crippen molar-refractivity contribution in [3.05, 3.63) is 86.3 Å². The number of nitrogens with zero attached hydrogens (tertiary/aromatic N) is 1. The molecule has 0 spiro atoms. The maximum absolute atomic E-state index is 12.4. The monoisotopic (exact) mass is 572 g/mol. The highest BCUT2D eigenvalue weighted by Crippen LogP contribution is 2.32. The number of methoxy groups -OCH3 is 1. The Hall–Kier alpha value is -3.36. The summed E-state index contributed by atoms with van der Waals surface area (Å²) in [6.07, 6.45) is 1.45. The SMILES string of the molecule is COc1cc(/C=N\NC(=O)COc2cc(C)c(Br)cc2C(C)C)ccc1OC(=O)c1ccc(Cl)cc1. The van der Waals surface area contributed by atoms with E-state index in [9.17, 15) is 9.59 Å². The third-order valence-corrected chi connectivity index (χ3v) is 6.25. The van der Waals surface area contributed by atoms with Crippen LogP contribution in [0.1, 0.15) is 46.8 Å². The van der Waals surface area contributed by atoms with Crippen LogP contribution < -0.4 is 19.6 Å². The van der Waals surface area contributed by atoms with Crippen molar-refractivity contribution >= 4 is 45.6 Å². The first kappa shape index (κ1) is 27.2. The number of nitrogens with one attached hydrogen (secondary N) is 1. The Labute approximate surface area is 223 Å². The molecule has 1 N–H and O–H groups in total. The molecule has 3 aromatic rings. The lowest BCUT2D eigenvalue weighted by molar-refractivity contribution is -0.123. The van der Waals surface area contributed by atoms with Gasteiger partial charge in [0.05, 0.1) is 18.9 Å². The number of hydrazone groups is 1. The van der Waals surface area contributed by atoms with Crippen LogP contribution in [-0.2, 0) is 4.79 Å². The second-order valence-corrected chi connectivity index (χ2v) is 9.47. The number of amides is 1. The molecule has 0 heterocycles. The summed E-state index contributed by atoms with van der Waals surface area (Å²) in [5.41, 5.74) is 5.46. The molecule has 7 nitrogen and oxygen atoms in total. The molecule has 0 radical (unpaired) electrons. The Balaban J connectivity index is 1.59. The highest BCUT2D eigenvalue weighted by molar-refractivity contribution is 9.10. The fraction of sp³-hybridized carbons (Fsp3) is 0.222. The van der Waals surface area contributed by atoms with Crippen LogP contribution in [0, 0.1) is 6.92 Å². The van der Waals surface area contributed by atoms with Gasteiger partial charge in [-0.25, -0.2) is 10.2 Å². The highest BCUT2D eigenvalue weighted by atomic mass is 79.9. The molecule has 0 aliphatic carbocycles. The number of esters is 1. The number of hydrogen-bond donors (Lipinski definition) is 1. The van der Waals surface area contributed by atoms with E-state index in [4.69, 9.17) is 25.8 Å². The smallest absolute Gasteiger partial charge is 0.343 e. The van der Waals surface area contributed by atoms with Gasteiger partial charge in [-0.2, -0.15) is 5.10 Å². The lowest BCUT2D eigenvalue weighted by atomic mass is 10.0. The molecule has 0 unspecified atom stereocenters. The van der Waals surface area contributed by atoms with E-state index in [0.717, 1.165) is 15.6 Å². The van der Waals surface area contributed by atoms with Crippen molar-refractivity contribution in [3.63, 3.8) is 0 Å². The molecule has 0 fully saturated rings. The molecule has 36 heavy (non-hydrogen) atoms. The fourth-order valence-corrected chi connectivity index (χ4v) is 3.68. The Morgan fingerprint density at radius 2 is 1.78 bits per heavy atom. The maximum Gasteiger partial charge on any atom is 0.343 e. The molecule has 188 valence electrons. The minimum Gasteiger partial charge on any atom is -0.493 e. The van der Waals surface area contributed by atoms with E-state index in [2.05, 4.69) is 40.3 Å². The van der Waals surface area contributed by atoms with Gasteiger partial charge in [0, 0.05) is 9.50 Å². The zero-order valence-corrected chi connectivity index (χ0v) is 22.6. The van der Waals surface area contributed by atoms with Gasteiger partial charge in [0.1, 0.15) is 5.75 Å². The molecule has 1 amide bonds. The van der Waals surface area contributed by atoms with Crippen LogP contribution in [0.25, 0.3) is 0 Å². The first-order valence-corrected chi connectivity index (χ1v) is 12.3. The molecule has 0 aliphatic rings. The number of rotatable bonds is 9. The molecule has 0 bridgehead atoms. The Morgan fingerprint density at radius 1 is 1.06 bits per heavy atom. The number of hydrogen-bond acceptors (Lipinski definition) is 6. The summed E-state index contributed by atoms with van der Waals surface area (Å²) in [6.45, 7) is 5.91. The summed E-state index contributed by atoms with van der Waals surface area (Å²) in [4.78, 5) is 24.6. The van der Waals surface area contributed by atoms with E-state index >= 15 is 0 Å². The normalized spacial score (nSPS) is 11.0. The minimum atomic E-state index is -0.541. The van der Waals surface area contributed by atoms with Crippen LogP contribution in [0.3, 0.4) is 0 Å². The van der Waals surface area contributed by atoms with Gasteiger partial charge < -0.3 is 14.2 Å². The molecule has 3 rings (SSSR count). The zero-order chi connectivity index (χ0) is 26.2. The lowest BCUT2D eigenvalue weighted by Crippen LogP contribution is -2.25. The Bertz CT molecular complexity index is 1280. The molecular formula is C27H26BrClN2O5. The average Bonchev–Trinajstić information content (AvgIpc) is 2.85. The quantitative estimate of drug-likeness (QED) is 0.141. The predicted octanol–water partition coefficient (Wildman–Crippen LogP) is 6.29. The van der Waals surface area contributed by atoms with E-state index in [0.29, 0.717) is 27.6 Å². The van der Waals surface area contributed by atoms with Crippen LogP contribution in [0.4, 0.5) is 0 Å². The third kappa shape index (κ3) is 7.32. The molecule has 0 aliphatic heterocycles. The molecule has 9 heteroatoms. The molecule has 0 aromatic heterocycles. The number of carbonyl (C=O) groups is 2. The largest absolute Gasteiger partial charge is 0.493 e. The van der Waals surface area contributed by atoms with Crippen LogP contribution in [-0.4, -0.2) is 31.8 Å². The number of benzene rings is 3. The second-order valence-electron chi connectivity index (χ2n) is 8.18. The number of halogens is 2. The minimum absolute atomic E-state index is 0.180. The van der Waals surface area contributed by atoms with Crippen molar-refractivity contribution < 1.29 is 23.8 Å². The topological polar surface area (TPSA) is 86.2 Å². The van der Waals surface area contributed by atoms with E-state index in [-0.39, 0.29) is 18.3 Å². The van der Waals surface area contributed by atoms with Crippen molar-refractivity contribution in [1.82, 2.24) is 5.43 Å². The van der Waals surface area contributed by atoms with Gasteiger partial charge in [-0.15, -0.1) is 0 Å². The first-order valence-electron chi connectivity index (χ1n) is 11.1. The fourth-order valence-electron chi connectivity index (χ4n) is 3.19. The Kier molecular flexibility index (Phi) is 9.50. The summed E-state index contributed by atoms with van der Waals surface area (Å²) in [6, 6.07) is 15.2. The predicted molar refractivity (Wildman–Crippen MR) is 144 cm³/mol. The number of carbonyl (C=O) groups excluding carboxylic acids is 2. The van der Waals surface area contributed by atoms with Crippen LogP contribution in [0.2, 0.25) is 5.02 Å². The van der Waals surface area contributed by atoms with Gasteiger partial charge in [0.15, 0.2) is 18.1 Å². The molecular weight excluding hydrogens is 548 g/mol. The van der Waals surface area contributed by atoms with Gasteiger partial charge in [0.2, 0.25) is 0 Å². The summed E-state index contributed by atoms with van der Waals surface area (Å²) < 4.78 is 17.5.